The Bertz CT molecular complexity index is 191. The minimum absolute atomic E-state index is 0. The SMILES string of the molecule is CC(C)O.CC(C)O.CCOC(O)=CC(C)=O.[Ti]. The molecule has 18 heavy (non-hydrogen) atoms. The van der Waals surface area contributed by atoms with Crippen molar-refractivity contribution in [3.63, 3.8) is 0 Å². The van der Waals surface area contributed by atoms with Crippen molar-refractivity contribution in [2.75, 3.05) is 6.61 Å². The Labute approximate surface area is 125 Å². The van der Waals surface area contributed by atoms with Crippen LogP contribution in [0.3, 0.4) is 0 Å². The molecule has 108 valence electrons. The van der Waals surface area contributed by atoms with Gasteiger partial charge in [0.15, 0.2) is 5.78 Å². The van der Waals surface area contributed by atoms with Crippen molar-refractivity contribution in [3.05, 3.63) is 12.0 Å². The maximum atomic E-state index is 10.2. The van der Waals surface area contributed by atoms with Crippen LogP contribution < -0.4 is 0 Å². The van der Waals surface area contributed by atoms with Crippen LogP contribution in [0.1, 0.15) is 41.5 Å². The first kappa shape index (κ1) is 26.3. The van der Waals surface area contributed by atoms with E-state index in [0.29, 0.717) is 6.61 Å². The average molecular weight is 298 g/mol. The minimum atomic E-state index is -0.315. The molecule has 0 aromatic rings. The normalized spacial score (nSPS) is 9.56. The van der Waals surface area contributed by atoms with E-state index in [4.69, 9.17) is 15.3 Å². The Kier molecular flexibility index (Phi) is 27.7. The second-order valence-corrected chi connectivity index (χ2v) is 3.71. The zero-order chi connectivity index (χ0) is 14.4. The van der Waals surface area contributed by atoms with Gasteiger partial charge >= 0.3 is 0 Å². The Balaban J connectivity index is -0.0000000922. The predicted octanol–water partition coefficient (Wildman–Crippen LogP) is 1.78. The van der Waals surface area contributed by atoms with Gasteiger partial charge in [0, 0.05) is 33.9 Å². The molecule has 0 saturated carbocycles. The van der Waals surface area contributed by atoms with E-state index in [0.717, 1.165) is 6.08 Å². The summed E-state index contributed by atoms with van der Waals surface area (Å²) in [6, 6.07) is 0. The molecule has 0 aliphatic rings. The maximum Gasteiger partial charge on any atom is 0.280 e. The van der Waals surface area contributed by atoms with E-state index in [9.17, 15) is 4.79 Å². The summed E-state index contributed by atoms with van der Waals surface area (Å²) >= 11 is 0. The van der Waals surface area contributed by atoms with Gasteiger partial charge in [-0.15, -0.1) is 0 Å². The molecule has 6 heteroatoms. The molecule has 0 heterocycles. The van der Waals surface area contributed by atoms with Crippen molar-refractivity contribution in [1.29, 1.82) is 0 Å². The number of ether oxygens (including phenoxy) is 1. The first-order valence-electron chi connectivity index (χ1n) is 5.53. The van der Waals surface area contributed by atoms with Crippen LogP contribution in [0.2, 0.25) is 0 Å². The van der Waals surface area contributed by atoms with Crippen molar-refractivity contribution in [2.45, 2.75) is 53.8 Å². The van der Waals surface area contributed by atoms with Gasteiger partial charge in [-0.1, -0.05) is 0 Å². The summed E-state index contributed by atoms with van der Waals surface area (Å²) in [5, 5.41) is 24.7. The van der Waals surface area contributed by atoms with Crippen molar-refractivity contribution >= 4 is 5.78 Å². The number of ketones is 1. The number of allylic oxidation sites excluding steroid dienone is 1. The third kappa shape index (κ3) is 76.0. The summed E-state index contributed by atoms with van der Waals surface area (Å²) in [6.45, 7) is 10.3. The molecule has 5 nitrogen and oxygen atoms in total. The third-order valence-corrected chi connectivity index (χ3v) is 0.619. The number of rotatable bonds is 3. The van der Waals surface area contributed by atoms with Crippen LogP contribution >= 0.6 is 0 Å². The summed E-state index contributed by atoms with van der Waals surface area (Å²) in [5.41, 5.74) is 0. The summed E-state index contributed by atoms with van der Waals surface area (Å²) in [5.74, 6) is -0.536. The van der Waals surface area contributed by atoms with Crippen LogP contribution in [0.15, 0.2) is 12.0 Å². The third-order valence-electron chi connectivity index (χ3n) is 0.619. The minimum Gasteiger partial charge on any atom is -0.481 e. The first-order valence-corrected chi connectivity index (χ1v) is 5.53. The molecule has 0 aromatic heterocycles. The average Bonchev–Trinajstić information content (AvgIpc) is 1.99. The second kappa shape index (κ2) is 19.0. The smallest absolute Gasteiger partial charge is 0.280 e. The van der Waals surface area contributed by atoms with Gasteiger partial charge in [-0.25, -0.2) is 0 Å². The number of aliphatic hydroxyl groups is 3. The van der Waals surface area contributed by atoms with Crippen LogP contribution in [0.5, 0.6) is 0 Å². The number of carbonyl (C=O) groups is 1. The molecule has 0 fully saturated rings. The fourth-order valence-electron chi connectivity index (χ4n) is 0.363. The van der Waals surface area contributed by atoms with Gasteiger partial charge in [-0.2, -0.15) is 0 Å². The van der Waals surface area contributed by atoms with Crippen LogP contribution in [-0.4, -0.2) is 39.9 Å². The molecule has 0 aliphatic heterocycles. The van der Waals surface area contributed by atoms with Crippen LogP contribution in [-0.2, 0) is 31.2 Å². The van der Waals surface area contributed by atoms with Gasteiger partial charge < -0.3 is 20.1 Å². The zero-order valence-corrected chi connectivity index (χ0v) is 13.7. The summed E-state index contributed by atoms with van der Waals surface area (Å²) in [4.78, 5) is 10.2. The molecule has 0 amide bonds. The quantitative estimate of drug-likeness (QED) is 0.420. The zero-order valence-electron chi connectivity index (χ0n) is 12.1. The molecule has 0 unspecified atom stereocenters. The Hall–Kier alpha value is -0.356. The Morgan fingerprint density at radius 1 is 1.17 bits per heavy atom. The van der Waals surface area contributed by atoms with E-state index in [1.807, 2.05) is 0 Å². The van der Waals surface area contributed by atoms with Gasteiger partial charge in [0.1, 0.15) is 0 Å². The summed E-state index contributed by atoms with van der Waals surface area (Å²) in [7, 11) is 0. The molecule has 3 N–H and O–H groups in total. The standard InChI is InChI=1S/C6H10O3.2C3H8O.Ti/c1-3-9-6(8)4-5(2)7;2*1-3(2)4;/h4,8H,3H2,1-2H3;2*3-4H,1-2H3;. The molecule has 0 aliphatic carbocycles. The second-order valence-electron chi connectivity index (χ2n) is 3.71. The van der Waals surface area contributed by atoms with Crippen molar-refractivity contribution < 1.29 is 46.6 Å². The number of hydrogen-bond acceptors (Lipinski definition) is 5. The Morgan fingerprint density at radius 2 is 1.44 bits per heavy atom. The molecule has 0 spiro atoms. The van der Waals surface area contributed by atoms with Gasteiger partial charge in [0.2, 0.25) is 0 Å². The van der Waals surface area contributed by atoms with Crippen molar-refractivity contribution in [3.8, 4) is 0 Å². The van der Waals surface area contributed by atoms with E-state index in [-0.39, 0.29) is 45.7 Å². The maximum absolute atomic E-state index is 10.2. The van der Waals surface area contributed by atoms with Gasteiger partial charge in [0.05, 0.1) is 12.7 Å². The van der Waals surface area contributed by atoms with E-state index < -0.39 is 0 Å². The molecule has 0 atom stereocenters. The molecule has 0 aromatic carbocycles. The molecule has 0 saturated heterocycles. The summed E-state index contributed by atoms with van der Waals surface area (Å²) in [6.07, 6.45) is 0.698. The van der Waals surface area contributed by atoms with Gasteiger partial charge in [-0.05, 0) is 41.5 Å². The monoisotopic (exact) mass is 298 g/mol. The predicted molar refractivity (Wildman–Crippen MR) is 67.7 cm³/mol. The first-order chi connectivity index (χ1) is 7.63. The largest absolute Gasteiger partial charge is 0.481 e. The van der Waals surface area contributed by atoms with Gasteiger partial charge in [0.25, 0.3) is 5.95 Å². The number of hydrogen-bond donors (Lipinski definition) is 3. The van der Waals surface area contributed by atoms with Crippen LogP contribution in [0.25, 0.3) is 0 Å². The van der Waals surface area contributed by atoms with E-state index >= 15 is 0 Å². The van der Waals surface area contributed by atoms with Gasteiger partial charge in [-0.3, -0.25) is 4.79 Å². The van der Waals surface area contributed by atoms with Crippen LogP contribution in [0, 0.1) is 0 Å². The molecule has 0 rings (SSSR count). The molecule has 0 bridgehead atoms. The molecular weight excluding hydrogens is 272 g/mol. The fourth-order valence-corrected chi connectivity index (χ4v) is 0.363. The van der Waals surface area contributed by atoms with E-state index in [1.54, 1.807) is 34.6 Å². The fraction of sp³-hybridized carbons (Fsp3) is 0.750. The topological polar surface area (TPSA) is 87.0 Å². The molecular formula is C12H26O5Ti. The van der Waals surface area contributed by atoms with Crippen molar-refractivity contribution in [1.82, 2.24) is 0 Å². The van der Waals surface area contributed by atoms with E-state index in [1.165, 1.54) is 6.92 Å². The Morgan fingerprint density at radius 3 is 1.61 bits per heavy atom. The number of carbonyl (C=O) groups excluding carboxylic acids is 1. The number of aliphatic hydroxyl groups excluding tert-OH is 3. The van der Waals surface area contributed by atoms with Crippen molar-refractivity contribution in [2.24, 2.45) is 0 Å². The molecule has 0 radical (unpaired) electrons. The van der Waals surface area contributed by atoms with E-state index in [2.05, 4.69) is 4.74 Å². The van der Waals surface area contributed by atoms with Crippen LogP contribution in [0.4, 0.5) is 0 Å². The summed E-state index contributed by atoms with van der Waals surface area (Å²) < 4.78 is 4.55.